The number of hydrogen-bond donors (Lipinski definition) is 3. The number of carboxylic acid groups (broad SMARTS) is 1. The molecule has 0 aliphatic rings. The molecule has 112 valence electrons. The van der Waals surface area contributed by atoms with E-state index in [9.17, 15) is 18.3 Å². The zero-order valence-corrected chi connectivity index (χ0v) is 11.9. The molecule has 0 amide bonds. The summed E-state index contributed by atoms with van der Waals surface area (Å²) in [7, 11) is -3.77. The van der Waals surface area contributed by atoms with E-state index in [1.807, 2.05) is 18.2 Å². The van der Waals surface area contributed by atoms with Crippen LogP contribution in [0.3, 0.4) is 0 Å². The molecule has 2 aromatic rings. The number of H-pyrrole nitrogens is 1. The van der Waals surface area contributed by atoms with E-state index in [0.29, 0.717) is 0 Å². The van der Waals surface area contributed by atoms with Crippen LogP contribution in [0, 0.1) is 5.92 Å². The third kappa shape index (κ3) is 4.14. The maximum atomic E-state index is 11.9. The van der Waals surface area contributed by atoms with Gasteiger partial charge >= 0.3 is 5.97 Å². The molecular formula is C13H15N3O4S. The molecule has 0 saturated heterocycles. The third-order valence-electron chi connectivity index (χ3n) is 2.96. The van der Waals surface area contributed by atoms with E-state index in [1.54, 1.807) is 12.1 Å². The van der Waals surface area contributed by atoms with E-state index >= 15 is 0 Å². The molecule has 1 atom stereocenters. The molecule has 0 saturated carbocycles. The Morgan fingerprint density at radius 2 is 2.05 bits per heavy atom. The zero-order valence-electron chi connectivity index (χ0n) is 11.1. The van der Waals surface area contributed by atoms with E-state index in [2.05, 4.69) is 14.7 Å². The van der Waals surface area contributed by atoms with Gasteiger partial charge in [-0.3, -0.25) is 4.79 Å². The van der Waals surface area contributed by atoms with Gasteiger partial charge in [-0.15, -0.1) is 0 Å². The summed E-state index contributed by atoms with van der Waals surface area (Å²) < 4.78 is 26.1. The van der Waals surface area contributed by atoms with Crippen LogP contribution in [0.15, 0.2) is 47.9 Å². The Hall–Kier alpha value is -2.19. The minimum absolute atomic E-state index is 0.0913. The predicted octanol–water partition coefficient (Wildman–Crippen LogP) is 0.632. The van der Waals surface area contributed by atoms with Crippen molar-refractivity contribution in [1.82, 2.24) is 14.7 Å². The normalized spacial score (nSPS) is 13.0. The van der Waals surface area contributed by atoms with Crippen molar-refractivity contribution >= 4 is 16.0 Å². The number of nitrogens with zero attached hydrogens (tertiary/aromatic N) is 1. The second-order valence-corrected chi connectivity index (χ2v) is 6.23. The Labute approximate surface area is 122 Å². The lowest BCUT2D eigenvalue weighted by Gasteiger charge is -2.13. The summed E-state index contributed by atoms with van der Waals surface area (Å²) in [6.07, 6.45) is 2.66. The van der Waals surface area contributed by atoms with Gasteiger partial charge in [0.05, 0.1) is 18.4 Å². The highest BCUT2D eigenvalue weighted by atomic mass is 32.2. The second-order valence-electron chi connectivity index (χ2n) is 4.49. The van der Waals surface area contributed by atoms with Crippen molar-refractivity contribution in [2.75, 3.05) is 6.54 Å². The number of sulfonamides is 1. The van der Waals surface area contributed by atoms with Gasteiger partial charge < -0.3 is 10.1 Å². The number of hydrogen-bond acceptors (Lipinski definition) is 4. The molecule has 0 bridgehead atoms. The highest BCUT2D eigenvalue weighted by Gasteiger charge is 2.22. The third-order valence-corrected chi connectivity index (χ3v) is 4.31. The van der Waals surface area contributed by atoms with Gasteiger partial charge in [0.25, 0.3) is 10.0 Å². The number of carboxylic acids is 1. The number of nitrogens with one attached hydrogen (secondary N) is 2. The predicted molar refractivity (Wildman–Crippen MR) is 75.0 cm³/mol. The summed E-state index contributed by atoms with van der Waals surface area (Å²) in [5.41, 5.74) is 0.839. The van der Waals surface area contributed by atoms with Crippen LogP contribution in [0.25, 0.3) is 0 Å². The molecule has 1 aromatic carbocycles. The maximum absolute atomic E-state index is 11.9. The Morgan fingerprint density at radius 1 is 1.33 bits per heavy atom. The number of carbonyl (C=O) groups is 1. The number of benzene rings is 1. The lowest BCUT2D eigenvalue weighted by atomic mass is 10.00. The first-order chi connectivity index (χ1) is 9.99. The number of aromatic nitrogens is 2. The van der Waals surface area contributed by atoms with Crippen molar-refractivity contribution < 1.29 is 18.3 Å². The van der Waals surface area contributed by atoms with Crippen LogP contribution in [0.5, 0.6) is 0 Å². The van der Waals surface area contributed by atoms with Crippen molar-refractivity contribution in [1.29, 1.82) is 0 Å². The summed E-state index contributed by atoms with van der Waals surface area (Å²) in [5, 5.41) is 9.12. The topological polar surface area (TPSA) is 112 Å². The standard InChI is InChI=1S/C13H15N3O4S/c17-13(18)11(6-10-4-2-1-3-5-10)7-16-21(19,20)12-8-14-9-15-12/h1-5,8-9,11,16H,6-7H2,(H,14,15)(H,17,18). The maximum Gasteiger partial charge on any atom is 0.308 e. The van der Waals surface area contributed by atoms with Crippen LogP contribution < -0.4 is 4.72 Å². The Bertz CT molecular complexity index is 683. The molecule has 3 N–H and O–H groups in total. The lowest BCUT2D eigenvalue weighted by Crippen LogP contribution is -2.34. The summed E-state index contributed by atoms with van der Waals surface area (Å²) >= 11 is 0. The molecule has 0 spiro atoms. The molecule has 1 heterocycles. The van der Waals surface area contributed by atoms with Crippen LogP contribution in [0.4, 0.5) is 0 Å². The molecule has 0 radical (unpaired) electrons. The first-order valence-electron chi connectivity index (χ1n) is 6.24. The number of aromatic amines is 1. The van der Waals surface area contributed by atoms with Gasteiger partial charge in [-0.25, -0.2) is 18.1 Å². The van der Waals surface area contributed by atoms with Crippen molar-refractivity contribution in [2.24, 2.45) is 5.92 Å². The molecule has 21 heavy (non-hydrogen) atoms. The van der Waals surface area contributed by atoms with E-state index in [0.717, 1.165) is 11.8 Å². The first-order valence-corrected chi connectivity index (χ1v) is 7.72. The Morgan fingerprint density at radius 3 is 2.62 bits per heavy atom. The Kier molecular flexibility index (Phi) is 4.71. The van der Waals surface area contributed by atoms with E-state index < -0.39 is 21.9 Å². The molecule has 7 nitrogen and oxygen atoms in total. The van der Waals surface area contributed by atoms with Gasteiger partial charge in [-0.2, -0.15) is 0 Å². The molecular weight excluding hydrogens is 294 g/mol. The van der Waals surface area contributed by atoms with Gasteiger partial charge in [0, 0.05) is 6.54 Å². The fourth-order valence-corrected chi connectivity index (χ4v) is 2.81. The minimum Gasteiger partial charge on any atom is -0.481 e. The zero-order chi connectivity index (χ0) is 15.3. The molecule has 1 aromatic heterocycles. The SMILES string of the molecule is O=C(O)C(CNS(=O)(=O)c1cnc[nH]1)Cc1ccccc1. The van der Waals surface area contributed by atoms with Crippen LogP contribution >= 0.6 is 0 Å². The highest BCUT2D eigenvalue weighted by Crippen LogP contribution is 2.10. The van der Waals surface area contributed by atoms with Crippen LogP contribution in [-0.2, 0) is 21.2 Å². The summed E-state index contributed by atoms with van der Waals surface area (Å²) in [5.74, 6) is -1.89. The fourth-order valence-electron chi connectivity index (χ4n) is 1.82. The van der Waals surface area contributed by atoms with Crippen LogP contribution in [-0.4, -0.2) is 36.0 Å². The minimum atomic E-state index is -3.77. The highest BCUT2D eigenvalue weighted by molar-refractivity contribution is 7.89. The van der Waals surface area contributed by atoms with Crippen LogP contribution in [0.2, 0.25) is 0 Å². The van der Waals surface area contributed by atoms with E-state index in [4.69, 9.17) is 0 Å². The van der Waals surface area contributed by atoms with E-state index in [-0.39, 0.29) is 18.0 Å². The molecule has 0 aliphatic heterocycles. The molecule has 0 fully saturated rings. The van der Waals surface area contributed by atoms with Gasteiger partial charge in [0.15, 0.2) is 5.03 Å². The van der Waals surface area contributed by atoms with Crippen molar-refractivity contribution in [3.63, 3.8) is 0 Å². The molecule has 0 aliphatic carbocycles. The average molecular weight is 309 g/mol. The summed E-state index contributed by atoms with van der Waals surface area (Å²) in [6.45, 7) is -0.189. The van der Waals surface area contributed by atoms with Crippen molar-refractivity contribution in [3.8, 4) is 0 Å². The van der Waals surface area contributed by atoms with Gasteiger partial charge in [-0.05, 0) is 12.0 Å². The van der Waals surface area contributed by atoms with Crippen molar-refractivity contribution in [3.05, 3.63) is 48.4 Å². The number of aliphatic carboxylic acids is 1. The van der Waals surface area contributed by atoms with Gasteiger partial charge in [0.2, 0.25) is 0 Å². The monoisotopic (exact) mass is 309 g/mol. The smallest absolute Gasteiger partial charge is 0.308 e. The first kappa shape index (κ1) is 15.2. The fraction of sp³-hybridized carbons (Fsp3) is 0.231. The van der Waals surface area contributed by atoms with E-state index in [1.165, 1.54) is 6.33 Å². The average Bonchev–Trinajstić information content (AvgIpc) is 2.99. The quantitative estimate of drug-likeness (QED) is 0.694. The van der Waals surface area contributed by atoms with Gasteiger partial charge in [-0.1, -0.05) is 30.3 Å². The number of rotatable bonds is 7. The molecule has 2 rings (SSSR count). The lowest BCUT2D eigenvalue weighted by molar-refractivity contribution is -0.141. The molecule has 8 heteroatoms. The largest absolute Gasteiger partial charge is 0.481 e. The molecule has 1 unspecified atom stereocenters. The Balaban J connectivity index is 2.03. The van der Waals surface area contributed by atoms with Crippen molar-refractivity contribution in [2.45, 2.75) is 11.4 Å². The van der Waals surface area contributed by atoms with Gasteiger partial charge in [0.1, 0.15) is 0 Å². The van der Waals surface area contributed by atoms with Crippen LogP contribution in [0.1, 0.15) is 5.56 Å². The second kappa shape index (κ2) is 6.51. The summed E-state index contributed by atoms with van der Waals surface area (Å²) in [6, 6.07) is 9.06. The summed E-state index contributed by atoms with van der Waals surface area (Å²) in [4.78, 5) is 17.4. The number of imidazole rings is 1.